The number of carbonyl (C=O) groups excluding carboxylic acids is 1. The number of hydrogen-bond donors (Lipinski definition) is 1. The summed E-state index contributed by atoms with van der Waals surface area (Å²) in [6.45, 7) is 1.10. The molecule has 0 radical (unpaired) electrons. The van der Waals surface area contributed by atoms with Crippen molar-refractivity contribution in [1.29, 1.82) is 0 Å². The number of nitrogens with zero attached hydrogens (tertiary/aromatic N) is 4. The molecule has 0 saturated carbocycles. The van der Waals surface area contributed by atoms with Crippen molar-refractivity contribution in [3.05, 3.63) is 53.4 Å². The molecule has 0 spiro atoms. The lowest BCUT2D eigenvalue weighted by molar-refractivity contribution is 0.0729. The van der Waals surface area contributed by atoms with Gasteiger partial charge < -0.3 is 10.6 Å². The number of benzene rings is 1. The maximum Gasteiger partial charge on any atom is 0.293 e. The van der Waals surface area contributed by atoms with E-state index < -0.39 is 0 Å². The van der Waals surface area contributed by atoms with E-state index in [4.69, 9.17) is 5.73 Å². The molecule has 2 aromatic heterocycles. The first kappa shape index (κ1) is 16.9. The second-order valence-electron chi connectivity index (χ2n) is 6.15. The first-order valence-electron chi connectivity index (χ1n) is 8.45. The molecule has 3 heterocycles. The predicted molar refractivity (Wildman–Crippen MR) is 97.7 cm³/mol. The van der Waals surface area contributed by atoms with Crippen LogP contribution in [0.1, 0.15) is 23.5 Å². The number of carbonyl (C=O) groups is 1. The fourth-order valence-electron chi connectivity index (χ4n) is 3.21. The van der Waals surface area contributed by atoms with Crippen molar-refractivity contribution in [1.82, 2.24) is 19.7 Å². The van der Waals surface area contributed by atoms with Crippen LogP contribution in [0.5, 0.6) is 0 Å². The van der Waals surface area contributed by atoms with Crippen molar-refractivity contribution in [3.8, 4) is 16.4 Å². The number of aromatic nitrogens is 3. The molecular weight excluding hydrogens is 353 g/mol. The van der Waals surface area contributed by atoms with E-state index in [1.54, 1.807) is 21.7 Å². The summed E-state index contributed by atoms with van der Waals surface area (Å²) in [5.41, 5.74) is 6.43. The fraction of sp³-hybridized carbons (Fsp3) is 0.278. The minimum atomic E-state index is -0.328. The lowest BCUT2D eigenvalue weighted by Gasteiger charge is -2.21. The molecule has 8 heteroatoms. The van der Waals surface area contributed by atoms with Gasteiger partial charge in [0, 0.05) is 19.1 Å². The Kier molecular flexibility index (Phi) is 4.52. The molecule has 1 aliphatic rings. The SMILES string of the molecule is NCC1CCCN1C(=O)c1nc(-c2cccs2)n(-c2ccc(F)cc2)n1. The van der Waals surface area contributed by atoms with Gasteiger partial charge >= 0.3 is 0 Å². The monoisotopic (exact) mass is 371 g/mol. The summed E-state index contributed by atoms with van der Waals surface area (Å²) in [4.78, 5) is 20.1. The van der Waals surface area contributed by atoms with Crippen molar-refractivity contribution in [2.24, 2.45) is 5.73 Å². The highest BCUT2D eigenvalue weighted by Gasteiger charge is 2.31. The average Bonchev–Trinajstić information content (AvgIpc) is 3.40. The van der Waals surface area contributed by atoms with E-state index in [-0.39, 0.29) is 23.6 Å². The number of nitrogens with two attached hydrogens (primary N) is 1. The summed E-state index contributed by atoms with van der Waals surface area (Å²) in [7, 11) is 0. The molecule has 1 unspecified atom stereocenters. The van der Waals surface area contributed by atoms with Gasteiger partial charge in [0.2, 0.25) is 5.82 Å². The average molecular weight is 371 g/mol. The van der Waals surface area contributed by atoms with Crippen LogP contribution in [0.4, 0.5) is 4.39 Å². The van der Waals surface area contributed by atoms with Crippen molar-refractivity contribution < 1.29 is 9.18 Å². The van der Waals surface area contributed by atoms with Crippen molar-refractivity contribution in [2.45, 2.75) is 18.9 Å². The third-order valence-corrected chi connectivity index (χ3v) is 5.39. The molecule has 1 atom stereocenters. The van der Waals surface area contributed by atoms with Gasteiger partial charge in [-0.3, -0.25) is 4.79 Å². The highest BCUT2D eigenvalue weighted by atomic mass is 32.1. The maximum absolute atomic E-state index is 13.3. The van der Waals surface area contributed by atoms with E-state index >= 15 is 0 Å². The minimum Gasteiger partial charge on any atom is -0.332 e. The van der Waals surface area contributed by atoms with Gasteiger partial charge in [0.15, 0.2) is 5.82 Å². The highest BCUT2D eigenvalue weighted by molar-refractivity contribution is 7.13. The highest BCUT2D eigenvalue weighted by Crippen LogP contribution is 2.27. The van der Waals surface area contributed by atoms with Crippen LogP contribution in [0.3, 0.4) is 0 Å². The smallest absolute Gasteiger partial charge is 0.293 e. The van der Waals surface area contributed by atoms with Crippen LogP contribution in [0.15, 0.2) is 41.8 Å². The summed E-state index contributed by atoms with van der Waals surface area (Å²) in [6, 6.07) is 9.83. The minimum absolute atomic E-state index is 0.0328. The lowest BCUT2D eigenvalue weighted by atomic mass is 10.2. The Labute approximate surface area is 154 Å². The number of hydrogen-bond acceptors (Lipinski definition) is 5. The topological polar surface area (TPSA) is 77.0 Å². The Morgan fingerprint density at radius 2 is 2.12 bits per heavy atom. The molecule has 1 fully saturated rings. The molecule has 2 N–H and O–H groups in total. The van der Waals surface area contributed by atoms with E-state index in [9.17, 15) is 9.18 Å². The second kappa shape index (κ2) is 6.97. The first-order valence-corrected chi connectivity index (χ1v) is 9.33. The van der Waals surface area contributed by atoms with Crippen molar-refractivity contribution in [3.63, 3.8) is 0 Å². The van der Waals surface area contributed by atoms with Crippen LogP contribution in [0, 0.1) is 5.82 Å². The van der Waals surface area contributed by atoms with Gasteiger partial charge in [-0.2, -0.15) is 0 Å². The van der Waals surface area contributed by atoms with Crippen LogP contribution in [-0.4, -0.2) is 44.7 Å². The van der Waals surface area contributed by atoms with Crippen LogP contribution in [0.2, 0.25) is 0 Å². The molecule has 4 rings (SSSR count). The van der Waals surface area contributed by atoms with E-state index in [1.165, 1.54) is 23.5 Å². The predicted octanol–water partition coefficient (Wildman–Crippen LogP) is 2.70. The summed E-state index contributed by atoms with van der Waals surface area (Å²) < 4.78 is 14.9. The molecule has 0 bridgehead atoms. The van der Waals surface area contributed by atoms with E-state index in [0.717, 1.165) is 17.7 Å². The number of rotatable bonds is 4. The number of halogens is 1. The Hall–Kier alpha value is -2.58. The number of amides is 1. The summed E-state index contributed by atoms with van der Waals surface area (Å²) in [5, 5.41) is 6.37. The first-order chi connectivity index (χ1) is 12.7. The summed E-state index contributed by atoms with van der Waals surface area (Å²) in [5.74, 6) is 0.166. The largest absolute Gasteiger partial charge is 0.332 e. The molecule has 26 heavy (non-hydrogen) atoms. The standard InChI is InChI=1S/C18H18FN5OS/c19-12-5-7-13(8-6-12)24-17(15-4-2-10-26-15)21-16(22-24)18(25)23-9-1-3-14(23)11-20/h2,4-8,10,14H,1,3,9,11,20H2. The van der Waals surface area contributed by atoms with Gasteiger partial charge in [-0.05, 0) is 48.6 Å². The number of thiophene rings is 1. The Morgan fingerprint density at radius 1 is 1.31 bits per heavy atom. The molecule has 1 aromatic carbocycles. The molecule has 0 aliphatic carbocycles. The van der Waals surface area contributed by atoms with Gasteiger partial charge in [0.1, 0.15) is 5.82 Å². The van der Waals surface area contributed by atoms with E-state index in [0.29, 0.717) is 24.6 Å². The molecule has 3 aromatic rings. The molecule has 1 aliphatic heterocycles. The third kappa shape index (κ3) is 3.02. The van der Waals surface area contributed by atoms with Crippen LogP contribution in [0.25, 0.3) is 16.4 Å². The summed E-state index contributed by atoms with van der Waals surface area (Å²) in [6.07, 6.45) is 1.84. The molecular formula is C18H18FN5OS. The quantitative estimate of drug-likeness (QED) is 0.765. The third-order valence-electron chi connectivity index (χ3n) is 4.52. The Bertz CT molecular complexity index is 906. The zero-order valence-electron chi connectivity index (χ0n) is 14.0. The molecule has 134 valence electrons. The van der Waals surface area contributed by atoms with Gasteiger partial charge in [-0.25, -0.2) is 14.1 Å². The van der Waals surface area contributed by atoms with Crippen LogP contribution < -0.4 is 5.73 Å². The van der Waals surface area contributed by atoms with Crippen molar-refractivity contribution in [2.75, 3.05) is 13.1 Å². The van der Waals surface area contributed by atoms with E-state index in [1.807, 2.05) is 17.5 Å². The lowest BCUT2D eigenvalue weighted by Crippen LogP contribution is -2.40. The van der Waals surface area contributed by atoms with Crippen molar-refractivity contribution >= 4 is 17.2 Å². The molecule has 1 saturated heterocycles. The normalized spacial score (nSPS) is 17.0. The molecule has 6 nitrogen and oxygen atoms in total. The summed E-state index contributed by atoms with van der Waals surface area (Å²) >= 11 is 1.51. The van der Waals surface area contributed by atoms with Gasteiger partial charge in [-0.15, -0.1) is 16.4 Å². The van der Waals surface area contributed by atoms with Gasteiger partial charge in [0.25, 0.3) is 5.91 Å². The molecule has 1 amide bonds. The fourth-order valence-corrected chi connectivity index (χ4v) is 3.91. The zero-order chi connectivity index (χ0) is 18.1. The van der Waals surface area contributed by atoms with Gasteiger partial charge in [0.05, 0.1) is 10.6 Å². The van der Waals surface area contributed by atoms with Crippen LogP contribution >= 0.6 is 11.3 Å². The van der Waals surface area contributed by atoms with Gasteiger partial charge in [-0.1, -0.05) is 6.07 Å². The Balaban J connectivity index is 1.76. The van der Waals surface area contributed by atoms with Crippen LogP contribution in [-0.2, 0) is 0 Å². The maximum atomic E-state index is 13.3. The Morgan fingerprint density at radius 3 is 2.81 bits per heavy atom. The second-order valence-corrected chi connectivity index (χ2v) is 7.10. The van der Waals surface area contributed by atoms with E-state index in [2.05, 4.69) is 10.1 Å². The zero-order valence-corrected chi connectivity index (χ0v) is 14.8. The number of likely N-dealkylation sites (tertiary alicyclic amines) is 1.